The number of hydrogen-bond acceptors (Lipinski definition) is 5. The van der Waals surface area contributed by atoms with Crippen molar-refractivity contribution in [3.8, 4) is 0 Å². The predicted octanol–water partition coefficient (Wildman–Crippen LogP) is 6.07. The van der Waals surface area contributed by atoms with E-state index in [1.807, 2.05) is 6.92 Å². The molecule has 33 heavy (non-hydrogen) atoms. The van der Waals surface area contributed by atoms with Gasteiger partial charge < -0.3 is 14.6 Å². The number of benzene rings is 1. The highest BCUT2D eigenvalue weighted by atomic mass is 79.9. The number of aliphatic hydroxyl groups is 1. The van der Waals surface area contributed by atoms with Crippen LogP contribution in [0.3, 0.4) is 0 Å². The molecule has 5 nitrogen and oxygen atoms in total. The fourth-order valence-electron chi connectivity index (χ4n) is 4.41. The second kappa shape index (κ2) is 10.8. The summed E-state index contributed by atoms with van der Waals surface area (Å²) in [6.07, 6.45) is 6.84. The summed E-state index contributed by atoms with van der Waals surface area (Å²) in [6.45, 7) is 9.77. The van der Waals surface area contributed by atoms with Crippen molar-refractivity contribution >= 4 is 27.9 Å². The fraction of sp³-hybridized carbons (Fsp3) is 0.481. The van der Waals surface area contributed by atoms with Crippen LogP contribution in [0.25, 0.3) is 0 Å². The van der Waals surface area contributed by atoms with Gasteiger partial charge in [0.05, 0.1) is 11.2 Å². The molecule has 0 radical (unpaired) electrons. The molecule has 6 heteroatoms. The van der Waals surface area contributed by atoms with Crippen molar-refractivity contribution in [2.24, 2.45) is 5.92 Å². The predicted molar refractivity (Wildman–Crippen MR) is 132 cm³/mol. The number of ether oxygens (including phenoxy) is 2. The van der Waals surface area contributed by atoms with E-state index in [1.54, 1.807) is 31.2 Å². The third kappa shape index (κ3) is 6.67. The highest BCUT2D eigenvalue weighted by Crippen LogP contribution is 2.38. The molecule has 178 valence electrons. The maximum Gasteiger partial charge on any atom is 0.338 e. The van der Waals surface area contributed by atoms with Crippen LogP contribution in [0.15, 0.2) is 64.2 Å². The zero-order valence-corrected chi connectivity index (χ0v) is 21.2. The number of carbonyl (C=O) groups excluding carboxylic acids is 2. The minimum atomic E-state index is -1.19. The first-order chi connectivity index (χ1) is 15.6. The van der Waals surface area contributed by atoms with Gasteiger partial charge in [0.25, 0.3) is 0 Å². The van der Waals surface area contributed by atoms with Crippen molar-refractivity contribution in [3.05, 3.63) is 69.8 Å². The normalized spacial score (nSPS) is 32.5. The SMILES string of the molecule is C=C1C(=O)OC2CC1C(OC(=O)c1ccc(Br)cc1)C/C(C)=C/CC/C(C)=C/CCC2(C)O. The zero-order valence-electron chi connectivity index (χ0n) is 19.6. The summed E-state index contributed by atoms with van der Waals surface area (Å²) in [5, 5.41) is 11.2. The Morgan fingerprint density at radius 2 is 1.85 bits per heavy atom. The van der Waals surface area contributed by atoms with E-state index >= 15 is 0 Å². The number of halogens is 1. The van der Waals surface area contributed by atoms with E-state index in [-0.39, 0.29) is 5.57 Å². The Morgan fingerprint density at radius 3 is 2.55 bits per heavy atom. The highest BCUT2D eigenvalue weighted by Gasteiger charge is 2.45. The quantitative estimate of drug-likeness (QED) is 0.293. The van der Waals surface area contributed by atoms with Crippen LogP contribution in [0.2, 0.25) is 0 Å². The van der Waals surface area contributed by atoms with Gasteiger partial charge in [-0.05, 0) is 77.1 Å². The smallest absolute Gasteiger partial charge is 0.338 e. The maximum atomic E-state index is 13.0. The summed E-state index contributed by atoms with van der Waals surface area (Å²) < 4.78 is 12.4. The van der Waals surface area contributed by atoms with E-state index in [0.717, 1.165) is 22.9 Å². The van der Waals surface area contributed by atoms with E-state index < -0.39 is 35.7 Å². The van der Waals surface area contributed by atoms with Crippen LogP contribution in [-0.4, -0.2) is 34.9 Å². The van der Waals surface area contributed by atoms with Crippen molar-refractivity contribution in [2.45, 2.75) is 77.1 Å². The molecule has 1 aliphatic heterocycles. The topological polar surface area (TPSA) is 72.8 Å². The molecular weight excluding hydrogens is 484 g/mol. The lowest BCUT2D eigenvalue weighted by atomic mass is 9.78. The molecule has 1 fully saturated rings. The van der Waals surface area contributed by atoms with Crippen molar-refractivity contribution in [2.75, 3.05) is 0 Å². The Hall–Kier alpha value is -2.18. The van der Waals surface area contributed by atoms with Crippen molar-refractivity contribution < 1.29 is 24.2 Å². The molecule has 0 spiro atoms. The molecule has 1 aromatic rings. The third-order valence-corrected chi connectivity index (χ3v) is 7.13. The van der Waals surface area contributed by atoms with E-state index in [9.17, 15) is 14.7 Å². The Morgan fingerprint density at radius 1 is 1.18 bits per heavy atom. The van der Waals surface area contributed by atoms with Crippen molar-refractivity contribution in [1.29, 1.82) is 0 Å². The largest absolute Gasteiger partial charge is 0.458 e. The lowest BCUT2D eigenvalue weighted by Gasteiger charge is -2.41. The second-order valence-corrected chi connectivity index (χ2v) is 10.4. The summed E-state index contributed by atoms with van der Waals surface area (Å²) in [7, 11) is 0. The van der Waals surface area contributed by atoms with Crippen LogP contribution in [0.5, 0.6) is 0 Å². The van der Waals surface area contributed by atoms with Crippen LogP contribution >= 0.6 is 15.9 Å². The Kier molecular flexibility index (Phi) is 8.35. The minimum absolute atomic E-state index is 0.284. The van der Waals surface area contributed by atoms with Gasteiger partial charge >= 0.3 is 11.9 Å². The maximum absolute atomic E-state index is 13.0. The molecule has 2 aliphatic rings. The van der Waals surface area contributed by atoms with Gasteiger partial charge in [0.2, 0.25) is 0 Å². The zero-order chi connectivity index (χ0) is 24.2. The summed E-state index contributed by atoms with van der Waals surface area (Å²) in [5.41, 5.74) is 1.88. The third-order valence-electron chi connectivity index (χ3n) is 6.61. The van der Waals surface area contributed by atoms with E-state index in [2.05, 4.69) is 41.6 Å². The molecule has 0 amide bonds. The van der Waals surface area contributed by atoms with Crippen LogP contribution in [0.4, 0.5) is 0 Å². The molecule has 1 heterocycles. The van der Waals surface area contributed by atoms with E-state index in [1.165, 1.54) is 5.57 Å². The molecule has 0 saturated carbocycles. The summed E-state index contributed by atoms with van der Waals surface area (Å²) in [5.74, 6) is -1.43. The molecule has 0 aromatic heterocycles. The standard InChI is InChI=1S/C27H33BrO5/c1-17-7-5-8-18(2)15-23(32-26(30)20-10-12-21(28)13-11-20)22-16-24(33-25(29)19(22)3)27(4,31)14-6-9-17/h8-13,22-24,31H,3,5-7,14-16H2,1-2,4H3/b17-9+,18-8+. The van der Waals surface area contributed by atoms with Crippen LogP contribution in [-0.2, 0) is 14.3 Å². The van der Waals surface area contributed by atoms with Gasteiger partial charge in [0.1, 0.15) is 12.2 Å². The first-order valence-corrected chi connectivity index (χ1v) is 12.3. The number of allylic oxidation sites excluding steroid dienone is 3. The number of hydrogen-bond donors (Lipinski definition) is 1. The molecular formula is C27H33BrO5. The van der Waals surface area contributed by atoms with Gasteiger partial charge in [0, 0.05) is 22.4 Å². The molecule has 1 aromatic carbocycles. The molecule has 4 atom stereocenters. The van der Waals surface area contributed by atoms with Crippen LogP contribution in [0, 0.1) is 5.92 Å². The molecule has 1 N–H and O–H groups in total. The van der Waals surface area contributed by atoms with Gasteiger partial charge in [0.15, 0.2) is 0 Å². The number of esters is 2. The molecule has 4 unspecified atom stereocenters. The summed E-state index contributed by atoms with van der Waals surface area (Å²) in [4.78, 5) is 25.7. The average molecular weight is 517 g/mol. The lowest BCUT2D eigenvalue weighted by Crippen LogP contribution is -2.49. The first kappa shape index (κ1) is 25.4. The monoisotopic (exact) mass is 516 g/mol. The van der Waals surface area contributed by atoms with Crippen molar-refractivity contribution in [3.63, 3.8) is 0 Å². The van der Waals surface area contributed by atoms with Crippen LogP contribution < -0.4 is 0 Å². The second-order valence-electron chi connectivity index (χ2n) is 9.45. The lowest BCUT2D eigenvalue weighted by molar-refractivity contribution is -0.171. The fourth-order valence-corrected chi connectivity index (χ4v) is 4.68. The molecule has 1 saturated heterocycles. The molecule has 3 rings (SSSR count). The number of rotatable bonds is 2. The van der Waals surface area contributed by atoms with Gasteiger partial charge in [-0.2, -0.15) is 0 Å². The minimum Gasteiger partial charge on any atom is -0.458 e. The summed E-state index contributed by atoms with van der Waals surface area (Å²) >= 11 is 3.38. The highest BCUT2D eigenvalue weighted by molar-refractivity contribution is 9.10. The Bertz CT molecular complexity index is 957. The van der Waals surface area contributed by atoms with Gasteiger partial charge in [-0.3, -0.25) is 0 Å². The number of fused-ring (bicyclic) bond motifs is 2. The van der Waals surface area contributed by atoms with Crippen LogP contribution in [0.1, 0.15) is 69.7 Å². The Balaban J connectivity index is 1.94. The van der Waals surface area contributed by atoms with Gasteiger partial charge in [-0.1, -0.05) is 45.8 Å². The van der Waals surface area contributed by atoms with Crippen molar-refractivity contribution in [1.82, 2.24) is 0 Å². The molecule has 2 bridgehead atoms. The Labute approximate surface area is 204 Å². The van der Waals surface area contributed by atoms with E-state index in [0.29, 0.717) is 31.2 Å². The van der Waals surface area contributed by atoms with Gasteiger partial charge in [-0.25, -0.2) is 9.59 Å². The van der Waals surface area contributed by atoms with Gasteiger partial charge in [-0.15, -0.1) is 0 Å². The molecule has 1 aliphatic carbocycles. The first-order valence-electron chi connectivity index (χ1n) is 11.5. The number of carbonyl (C=O) groups is 2. The van der Waals surface area contributed by atoms with E-state index in [4.69, 9.17) is 9.47 Å². The summed E-state index contributed by atoms with van der Waals surface area (Å²) in [6, 6.07) is 6.97. The average Bonchev–Trinajstić information content (AvgIpc) is 2.74.